The third-order valence-electron chi connectivity index (χ3n) is 3.67. The Balaban J connectivity index is 2.18. The van der Waals surface area contributed by atoms with Gasteiger partial charge >= 0.3 is 0 Å². The first kappa shape index (κ1) is 15.1. The molecule has 2 aromatic carbocycles. The second-order valence-electron chi connectivity index (χ2n) is 5.15. The lowest BCUT2D eigenvalue weighted by atomic mass is 10.1. The van der Waals surface area contributed by atoms with Crippen LogP contribution in [0.3, 0.4) is 0 Å². The van der Waals surface area contributed by atoms with E-state index >= 15 is 0 Å². The van der Waals surface area contributed by atoms with Crippen molar-refractivity contribution >= 4 is 26.8 Å². The number of fused-ring (bicyclic) bond motifs is 1. The van der Waals surface area contributed by atoms with E-state index in [4.69, 9.17) is 0 Å². The standard InChI is InChI=1S/C18H14N2O2S/c1-20-13-14(17-9-5-6-10-18(17)20)11-16(12-19)23(21,22)15-7-3-2-4-8-15/h2-11,13H,1H3/b16-11+. The molecule has 0 saturated heterocycles. The second-order valence-corrected chi connectivity index (χ2v) is 7.07. The van der Waals surface area contributed by atoms with Crippen LogP contribution in [0.5, 0.6) is 0 Å². The third-order valence-corrected chi connectivity index (χ3v) is 5.35. The molecule has 23 heavy (non-hydrogen) atoms. The summed E-state index contributed by atoms with van der Waals surface area (Å²) in [7, 11) is -1.93. The molecule has 0 unspecified atom stereocenters. The van der Waals surface area contributed by atoms with Gasteiger partial charge in [0.1, 0.15) is 11.0 Å². The van der Waals surface area contributed by atoms with Crippen molar-refractivity contribution in [1.29, 1.82) is 5.26 Å². The van der Waals surface area contributed by atoms with Crippen LogP contribution in [0.1, 0.15) is 5.56 Å². The van der Waals surface area contributed by atoms with Gasteiger partial charge < -0.3 is 4.57 Å². The zero-order valence-corrected chi connectivity index (χ0v) is 13.3. The second kappa shape index (κ2) is 5.75. The third kappa shape index (κ3) is 2.65. The number of nitrogens with zero attached hydrogens (tertiary/aromatic N) is 2. The highest BCUT2D eigenvalue weighted by Crippen LogP contribution is 2.26. The Morgan fingerprint density at radius 3 is 2.43 bits per heavy atom. The number of nitriles is 1. The molecule has 114 valence electrons. The largest absolute Gasteiger partial charge is 0.350 e. The van der Waals surface area contributed by atoms with E-state index in [2.05, 4.69) is 0 Å². The van der Waals surface area contributed by atoms with Crippen LogP contribution in [-0.2, 0) is 16.9 Å². The maximum atomic E-state index is 12.6. The van der Waals surface area contributed by atoms with Crippen LogP contribution in [-0.4, -0.2) is 13.0 Å². The number of benzene rings is 2. The van der Waals surface area contributed by atoms with Gasteiger partial charge in [0.15, 0.2) is 0 Å². The Labute approximate surface area is 134 Å². The molecule has 3 rings (SSSR count). The maximum absolute atomic E-state index is 12.6. The zero-order chi connectivity index (χ0) is 16.4. The first-order valence-corrected chi connectivity index (χ1v) is 8.48. The summed E-state index contributed by atoms with van der Waals surface area (Å²) in [6.07, 6.45) is 3.26. The van der Waals surface area contributed by atoms with E-state index in [9.17, 15) is 13.7 Å². The van der Waals surface area contributed by atoms with Gasteiger partial charge in [0.05, 0.1) is 4.90 Å². The minimum absolute atomic E-state index is 0.119. The van der Waals surface area contributed by atoms with Gasteiger partial charge in [0, 0.05) is 29.7 Å². The van der Waals surface area contributed by atoms with Gasteiger partial charge in [0.25, 0.3) is 0 Å². The molecule has 0 aliphatic rings. The maximum Gasteiger partial charge on any atom is 0.216 e. The van der Waals surface area contributed by atoms with E-state index in [1.54, 1.807) is 18.2 Å². The Kier molecular flexibility index (Phi) is 3.77. The van der Waals surface area contributed by atoms with Gasteiger partial charge in [0.2, 0.25) is 9.84 Å². The number of aryl methyl sites for hydroxylation is 1. The average Bonchev–Trinajstić information content (AvgIpc) is 2.90. The molecule has 0 aliphatic heterocycles. The van der Waals surface area contributed by atoms with Crippen molar-refractivity contribution in [3.63, 3.8) is 0 Å². The van der Waals surface area contributed by atoms with Crippen LogP contribution in [0.15, 0.2) is 70.6 Å². The highest BCUT2D eigenvalue weighted by Gasteiger charge is 2.21. The van der Waals surface area contributed by atoms with Crippen LogP contribution in [0.25, 0.3) is 17.0 Å². The van der Waals surface area contributed by atoms with Gasteiger partial charge in [-0.3, -0.25) is 0 Å². The lowest BCUT2D eigenvalue weighted by molar-refractivity contribution is 0.603. The summed E-state index contributed by atoms with van der Waals surface area (Å²) in [5, 5.41) is 10.3. The molecule has 0 aliphatic carbocycles. The summed E-state index contributed by atoms with van der Waals surface area (Å²) >= 11 is 0. The Morgan fingerprint density at radius 1 is 1.09 bits per heavy atom. The normalized spacial score (nSPS) is 12.3. The van der Waals surface area contributed by atoms with Crippen molar-refractivity contribution in [2.75, 3.05) is 0 Å². The van der Waals surface area contributed by atoms with Gasteiger partial charge in [-0.25, -0.2) is 8.42 Å². The van der Waals surface area contributed by atoms with Crippen LogP contribution in [0.4, 0.5) is 0 Å². The smallest absolute Gasteiger partial charge is 0.216 e. The Bertz CT molecular complexity index is 1040. The summed E-state index contributed by atoms with van der Waals surface area (Å²) in [4.78, 5) is -0.145. The first-order valence-electron chi connectivity index (χ1n) is 7.00. The molecule has 1 heterocycles. The molecule has 4 nitrogen and oxygen atoms in total. The predicted octanol–water partition coefficient (Wildman–Crippen LogP) is 3.52. The predicted molar refractivity (Wildman–Crippen MR) is 90.1 cm³/mol. The number of hydrogen-bond donors (Lipinski definition) is 0. The average molecular weight is 322 g/mol. The summed E-state index contributed by atoms with van der Waals surface area (Å²) in [5.74, 6) is 0. The molecule has 3 aromatic rings. The fraction of sp³-hybridized carbons (Fsp3) is 0.0556. The van der Waals surface area contributed by atoms with E-state index in [1.165, 1.54) is 18.2 Å². The topological polar surface area (TPSA) is 62.9 Å². The number of sulfone groups is 1. The summed E-state index contributed by atoms with van der Waals surface area (Å²) in [5.41, 5.74) is 1.69. The van der Waals surface area contributed by atoms with Crippen LogP contribution >= 0.6 is 0 Å². The molecule has 0 fully saturated rings. The van der Waals surface area contributed by atoms with Gasteiger partial charge in [-0.15, -0.1) is 0 Å². The van der Waals surface area contributed by atoms with Crippen molar-refractivity contribution in [2.24, 2.45) is 7.05 Å². The molecular weight excluding hydrogens is 308 g/mol. The molecule has 0 amide bonds. The fourth-order valence-corrected chi connectivity index (χ4v) is 3.70. The van der Waals surface area contributed by atoms with E-state index < -0.39 is 9.84 Å². The molecule has 0 atom stereocenters. The van der Waals surface area contributed by atoms with Gasteiger partial charge in [-0.1, -0.05) is 36.4 Å². The molecule has 0 radical (unpaired) electrons. The van der Waals surface area contributed by atoms with Crippen molar-refractivity contribution in [3.05, 3.63) is 71.3 Å². The van der Waals surface area contributed by atoms with Crippen LogP contribution in [0.2, 0.25) is 0 Å². The van der Waals surface area contributed by atoms with Crippen LogP contribution in [0, 0.1) is 11.3 Å². The molecule has 0 spiro atoms. The lowest BCUT2D eigenvalue weighted by Crippen LogP contribution is -2.03. The SMILES string of the molecule is Cn1cc(/C=C(\C#N)S(=O)(=O)c2ccccc2)c2ccccc21. The summed E-state index contributed by atoms with van der Waals surface area (Å²) in [6.45, 7) is 0. The number of aromatic nitrogens is 1. The summed E-state index contributed by atoms with van der Waals surface area (Å²) < 4.78 is 27.1. The minimum Gasteiger partial charge on any atom is -0.350 e. The Hall–Kier alpha value is -2.84. The first-order chi connectivity index (χ1) is 11.0. The number of hydrogen-bond acceptors (Lipinski definition) is 3. The highest BCUT2D eigenvalue weighted by molar-refractivity contribution is 7.95. The van der Waals surface area contributed by atoms with E-state index in [-0.39, 0.29) is 9.80 Å². The van der Waals surface area contributed by atoms with E-state index in [1.807, 2.05) is 48.1 Å². The van der Waals surface area contributed by atoms with Crippen molar-refractivity contribution in [1.82, 2.24) is 4.57 Å². The summed E-state index contributed by atoms with van der Waals surface area (Å²) in [6, 6.07) is 17.5. The molecule has 1 aromatic heterocycles. The zero-order valence-electron chi connectivity index (χ0n) is 12.5. The van der Waals surface area contributed by atoms with Crippen LogP contribution < -0.4 is 0 Å². The monoisotopic (exact) mass is 322 g/mol. The van der Waals surface area contributed by atoms with Crippen molar-refractivity contribution < 1.29 is 8.42 Å². The molecule has 0 bridgehead atoms. The van der Waals surface area contributed by atoms with Gasteiger partial charge in [-0.05, 0) is 24.3 Å². The molecular formula is C18H14N2O2S. The lowest BCUT2D eigenvalue weighted by Gasteiger charge is -2.02. The fourth-order valence-electron chi connectivity index (χ4n) is 2.53. The van der Waals surface area contributed by atoms with Gasteiger partial charge in [-0.2, -0.15) is 5.26 Å². The highest BCUT2D eigenvalue weighted by atomic mass is 32.2. The number of rotatable bonds is 3. The van der Waals surface area contributed by atoms with E-state index in [0.29, 0.717) is 5.56 Å². The number of allylic oxidation sites excluding steroid dienone is 1. The van der Waals surface area contributed by atoms with E-state index in [0.717, 1.165) is 10.9 Å². The minimum atomic E-state index is -3.82. The number of para-hydroxylation sites is 1. The van der Waals surface area contributed by atoms with Crippen molar-refractivity contribution in [2.45, 2.75) is 4.90 Å². The molecule has 0 saturated carbocycles. The molecule has 5 heteroatoms. The quantitative estimate of drug-likeness (QED) is 0.693. The Morgan fingerprint density at radius 2 is 1.74 bits per heavy atom. The van der Waals surface area contributed by atoms with Crippen molar-refractivity contribution in [3.8, 4) is 6.07 Å². The molecule has 0 N–H and O–H groups in total.